The number of hydrogen-bond acceptors (Lipinski definition) is 15. The van der Waals surface area contributed by atoms with Crippen LogP contribution in [0.2, 0.25) is 0 Å². The third-order valence-electron chi connectivity index (χ3n) is 10.9. The smallest absolute Gasteiger partial charge is 0.251 e. The van der Waals surface area contributed by atoms with Crippen LogP contribution < -0.4 is 0 Å². The Morgan fingerprint density at radius 1 is 0.600 bits per heavy atom. The molecule has 2 aliphatic rings. The summed E-state index contributed by atoms with van der Waals surface area (Å²) in [5.74, 6) is -8.25. The first kappa shape index (κ1) is 50.5. The van der Waals surface area contributed by atoms with E-state index >= 15 is 0 Å². The van der Waals surface area contributed by atoms with Crippen LogP contribution in [0.3, 0.4) is 0 Å². The maximum atomic E-state index is 12.1. The van der Waals surface area contributed by atoms with Gasteiger partial charge in [0.1, 0.15) is 42.7 Å². The summed E-state index contributed by atoms with van der Waals surface area (Å²) in [6.45, 7) is 3.94. The number of aliphatic hydroxyl groups excluding tert-OH is 8. The molecule has 2 aliphatic heterocycles. The van der Waals surface area contributed by atoms with E-state index in [2.05, 4.69) is 13.8 Å². The van der Waals surface area contributed by atoms with Crippen LogP contribution in [-0.4, -0.2) is 156 Å². The van der Waals surface area contributed by atoms with Crippen molar-refractivity contribution < 1.29 is 74.7 Å². The molecule has 15 heteroatoms. The summed E-state index contributed by atoms with van der Waals surface area (Å²) in [7, 11) is 0. The van der Waals surface area contributed by atoms with Crippen LogP contribution in [0, 0.1) is 0 Å². The van der Waals surface area contributed by atoms with Gasteiger partial charge in [0, 0.05) is 19.4 Å². The van der Waals surface area contributed by atoms with Crippen LogP contribution in [0.5, 0.6) is 0 Å². The standard InChI is InChI=1S/C40H78O15/c1-4-6-8-10-12-14-15-17-19-21-23-52-40(50)36(47)34(46)32(27-42)54-39(40,24-29(3)43)55-35-33(45)31(26-41)53-38(49,37(35)48)25-30(44)28-51-22-20-18-16-13-11-9-7-5-2/h29-37,41-50H,4-28H2,1-3H3/t29?,30?,31-,32-,33+,34+,35+,36+,37-,38-,39+,40+/m1/s1. The summed E-state index contributed by atoms with van der Waals surface area (Å²) < 4.78 is 29.1. The second-order valence-electron chi connectivity index (χ2n) is 15.9. The summed E-state index contributed by atoms with van der Waals surface area (Å²) in [6.07, 6.45) is 1.73. The summed E-state index contributed by atoms with van der Waals surface area (Å²) in [5.41, 5.74) is 0. The molecule has 2 heterocycles. The van der Waals surface area contributed by atoms with Gasteiger partial charge in [0.2, 0.25) is 5.79 Å². The zero-order valence-corrected chi connectivity index (χ0v) is 33.9. The summed E-state index contributed by atoms with van der Waals surface area (Å²) in [6, 6.07) is 0. The fraction of sp³-hybridized carbons (Fsp3) is 1.00. The molecule has 2 fully saturated rings. The molecule has 15 nitrogen and oxygen atoms in total. The molecule has 2 saturated heterocycles. The minimum Gasteiger partial charge on any atom is -0.394 e. The zero-order chi connectivity index (χ0) is 40.9. The Kier molecular flexibility index (Phi) is 24.3. The van der Waals surface area contributed by atoms with Gasteiger partial charge in [-0.05, 0) is 19.8 Å². The van der Waals surface area contributed by atoms with Crippen molar-refractivity contribution in [2.45, 2.75) is 221 Å². The van der Waals surface area contributed by atoms with Gasteiger partial charge in [-0.2, -0.15) is 0 Å². The normalized spacial score (nSPS) is 33.9. The molecule has 12 atom stereocenters. The summed E-state index contributed by atoms with van der Waals surface area (Å²) in [4.78, 5) is 0. The van der Waals surface area contributed by atoms with Gasteiger partial charge >= 0.3 is 0 Å². The molecule has 0 aliphatic carbocycles. The molecule has 2 unspecified atom stereocenters. The highest BCUT2D eigenvalue weighted by Crippen LogP contribution is 2.46. The van der Waals surface area contributed by atoms with Gasteiger partial charge in [-0.15, -0.1) is 0 Å². The number of hydrogen-bond donors (Lipinski definition) is 10. The van der Waals surface area contributed by atoms with E-state index in [1.807, 2.05) is 0 Å². The van der Waals surface area contributed by atoms with E-state index in [0.717, 1.165) is 57.8 Å². The van der Waals surface area contributed by atoms with Gasteiger partial charge in [0.25, 0.3) is 5.79 Å². The van der Waals surface area contributed by atoms with Crippen molar-refractivity contribution in [2.75, 3.05) is 33.0 Å². The van der Waals surface area contributed by atoms with Crippen molar-refractivity contribution in [2.24, 2.45) is 0 Å². The molecule has 0 aromatic rings. The molecule has 55 heavy (non-hydrogen) atoms. The molecule has 0 aromatic carbocycles. The fourth-order valence-electron chi connectivity index (χ4n) is 7.64. The fourth-order valence-corrected chi connectivity index (χ4v) is 7.64. The Balaban J connectivity index is 2.18. The monoisotopic (exact) mass is 799 g/mol. The SMILES string of the molecule is CCCCCCCCCCCCO[C@@]1(O)[C@@H](O)[C@@H](O)[C@@H](CO)O[C@@]1(CC(C)O)O[C@H]1[C@@H](O)[C@@H](CO)O[C@](O)(CC(O)COCCCCCCCCCC)[C@@H]1O. The molecule has 0 amide bonds. The topological polar surface area (TPSA) is 248 Å². The van der Waals surface area contributed by atoms with Crippen molar-refractivity contribution in [1.82, 2.24) is 0 Å². The van der Waals surface area contributed by atoms with Gasteiger partial charge in [-0.1, -0.05) is 117 Å². The molecule has 0 radical (unpaired) electrons. The van der Waals surface area contributed by atoms with Gasteiger partial charge in [0.05, 0.1) is 38.6 Å². The lowest BCUT2D eigenvalue weighted by Gasteiger charge is -2.57. The predicted octanol–water partition coefficient (Wildman–Crippen LogP) is 2.29. The molecule has 0 spiro atoms. The molecule has 2 rings (SSSR count). The van der Waals surface area contributed by atoms with E-state index in [1.54, 1.807) is 0 Å². The lowest BCUT2D eigenvalue weighted by Crippen LogP contribution is -2.78. The van der Waals surface area contributed by atoms with Crippen molar-refractivity contribution in [3.8, 4) is 0 Å². The molecular formula is C40H78O15. The van der Waals surface area contributed by atoms with E-state index in [9.17, 15) is 51.1 Å². The minimum atomic E-state index is -2.94. The van der Waals surface area contributed by atoms with Crippen LogP contribution in [0.25, 0.3) is 0 Å². The van der Waals surface area contributed by atoms with E-state index in [-0.39, 0.29) is 13.2 Å². The van der Waals surface area contributed by atoms with E-state index in [1.165, 1.54) is 58.3 Å². The number of aliphatic hydroxyl groups is 10. The first-order valence-electron chi connectivity index (χ1n) is 21.3. The third-order valence-corrected chi connectivity index (χ3v) is 10.9. The first-order chi connectivity index (χ1) is 26.3. The van der Waals surface area contributed by atoms with Gasteiger partial charge < -0.3 is 74.7 Å². The highest BCUT2D eigenvalue weighted by Gasteiger charge is 2.69. The third kappa shape index (κ3) is 15.5. The second-order valence-corrected chi connectivity index (χ2v) is 15.9. The summed E-state index contributed by atoms with van der Waals surface area (Å²) in [5, 5.41) is 110. The quantitative estimate of drug-likeness (QED) is 0.0357. The predicted molar refractivity (Wildman–Crippen MR) is 204 cm³/mol. The Morgan fingerprint density at radius 2 is 1.07 bits per heavy atom. The van der Waals surface area contributed by atoms with Crippen LogP contribution in [0.1, 0.15) is 149 Å². The number of ether oxygens (including phenoxy) is 5. The largest absolute Gasteiger partial charge is 0.394 e. The Morgan fingerprint density at radius 3 is 1.56 bits per heavy atom. The van der Waals surface area contributed by atoms with Crippen LogP contribution in [0.4, 0.5) is 0 Å². The number of unbranched alkanes of at least 4 members (excludes halogenated alkanes) is 16. The lowest BCUT2D eigenvalue weighted by atomic mass is 9.84. The maximum Gasteiger partial charge on any atom is 0.251 e. The minimum absolute atomic E-state index is 0.151. The Labute approximate surface area is 328 Å². The van der Waals surface area contributed by atoms with E-state index in [0.29, 0.717) is 13.0 Å². The highest BCUT2D eigenvalue weighted by molar-refractivity contribution is 5.07. The highest BCUT2D eigenvalue weighted by atomic mass is 16.8. The van der Waals surface area contributed by atoms with Crippen LogP contribution in [0.15, 0.2) is 0 Å². The van der Waals surface area contributed by atoms with E-state index in [4.69, 9.17) is 23.7 Å². The molecule has 328 valence electrons. The molecule has 0 aromatic heterocycles. The maximum absolute atomic E-state index is 12.1. The zero-order valence-electron chi connectivity index (χ0n) is 33.9. The second kappa shape index (κ2) is 26.5. The van der Waals surface area contributed by atoms with Crippen LogP contribution in [-0.2, 0) is 23.7 Å². The van der Waals surface area contributed by atoms with Crippen molar-refractivity contribution in [3.05, 3.63) is 0 Å². The first-order valence-corrected chi connectivity index (χ1v) is 21.3. The molecule has 0 saturated carbocycles. The van der Waals surface area contributed by atoms with Crippen molar-refractivity contribution >= 4 is 0 Å². The van der Waals surface area contributed by atoms with Crippen LogP contribution >= 0.6 is 0 Å². The average Bonchev–Trinajstić information content (AvgIpc) is 3.15. The van der Waals surface area contributed by atoms with E-state index < -0.39 is 98.4 Å². The lowest BCUT2D eigenvalue weighted by molar-refractivity contribution is -0.490. The molecule has 0 bridgehead atoms. The Bertz CT molecular complexity index is 979. The van der Waals surface area contributed by atoms with Gasteiger partial charge in [-0.3, -0.25) is 0 Å². The molecule has 10 N–H and O–H groups in total. The van der Waals surface area contributed by atoms with Crippen molar-refractivity contribution in [3.63, 3.8) is 0 Å². The average molecular weight is 799 g/mol. The number of rotatable bonds is 31. The van der Waals surface area contributed by atoms with Gasteiger partial charge in [-0.25, -0.2) is 0 Å². The van der Waals surface area contributed by atoms with Gasteiger partial charge in [0.15, 0.2) is 5.79 Å². The Hall–Kier alpha value is -0.600. The van der Waals surface area contributed by atoms with Crippen molar-refractivity contribution in [1.29, 1.82) is 0 Å². The summed E-state index contributed by atoms with van der Waals surface area (Å²) >= 11 is 0. The molecular weight excluding hydrogens is 720 g/mol.